The maximum atomic E-state index is 12.9. The van der Waals surface area contributed by atoms with Gasteiger partial charge in [0, 0.05) is 17.7 Å². The van der Waals surface area contributed by atoms with Gasteiger partial charge in [-0.3, -0.25) is 14.4 Å². The molecule has 0 unspecified atom stereocenters. The smallest absolute Gasteiger partial charge is 0.306 e. The van der Waals surface area contributed by atoms with Crippen LogP contribution in [-0.2, 0) is 20.9 Å². The van der Waals surface area contributed by atoms with Crippen molar-refractivity contribution >= 4 is 23.5 Å². The Balaban J connectivity index is 1.62. The number of ether oxygens (including phenoxy) is 1. The van der Waals surface area contributed by atoms with Gasteiger partial charge in [-0.05, 0) is 43.2 Å². The fourth-order valence-electron chi connectivity index (χ4n) is 3.04. The number of anilines is 1. The number of amides is 2. The lowest BCUT2D eigenvalue weighted by Gasteiger charge is -2.18. The van der Waals surface area contributed by atoms with E-state index in [-0.39, 0.29) is 25.4 Å². The molecule has 0 aliphatic carbocycles. The topological polar surface area (TPSA) is 84.5 Å². The lowest BCUT2D eigenvalue weighted by Crippen LogP contribution is -2.44. The van der Waals surface area contributed by atoms with E-state index in [1.807, 2.05) is 49.4 Å². The van der Waals surface area contributed by atoms with Crippen molar-refractivity contribution in [1.29, 1.82) is 0 Å². The lowest BCUT2D eigenvalue weighted by molar-refractivity contribution is -0.145. The minimum atomic E-state index is -0.895. The van der Waals surface area contributed by atoms with Crippen LogP contribution in [0.25, 0.3) is 0 Å². The molecule has 6 heteroatoms. The summed E-state index contributed by atoms with van der Waals surface area (Å²) in [5.74, 6) is -1.21. The Bertz CT molecular complexity index is 1030. The van der Waals surface area contributed by atoms with Gasteiger partial charge in [0.2, 0.25) is 5.91 Å². The zero-order chi connectivity index (χ0) is 22.8. The number of benzene rings is 3. The van der Waals surface area contributed by atoms with Gasteiger partial charge in [-0.2, -0.15) is 0 Å². The van der Waals surface area contributed by atoms with Crippen LogP contribution in [0.1, 0.15) is 34.3 Å². The molecule has 2 N–H and O–H groups in total. The van der Waals surface area contributed by atoms with Crippen LogP contribution in [0.15, 0.2) is 84.9 Å². The summed E-state index contributed by atoms with van der Waals surface area (Å²) in [6, 6.07) is 24.4. The van der Waals surface area contributed by atoms with Crippen LogP contribution in [0.4, 0.5) is 5.69 Å². The first-order valence-corrected chi connectivity index (χ1v) is 10.4. The van der Waals surface area contributed by atoms with Crippen molar-refractivity contribution in [3.05, 3.63) is 102 Å². The highest BCUT2D eigenvalue weighted by Gasteiger charge is 2.23. The number of carbonyl (C=O) groups excluding carboxylic acids is 3. The van der Waals surface area contributed by atoms with Crippen LogP contribution in [0.5, 0.6) is 0 Å². The van der Waals surface area contributed by atoms with E-state index < -0.39 is 17.9 Å². The van der Waals surface area contributed by atoms with Gasteiger partial charge < -0.3 is 15.4 Å². The van der Waals surface area contributed by atoms with Crippen molar-refractivity contribution in [2.75, 3.05) is 5.32 Å². The molecule has 2 amide bonds. The zero-order valence-electron chi connectivity index (χ0n) is 17.9. The van der Waals surface area contributed by atoms with E-state index in [1.165, 1.54) is 0 Å². The van der Waals surface area contributed by atoms with Crippen molar-refractivity contribution in [3.8, 4) is 0 Å². The molecule has 0 aromatic heterocycles. The fraction of sp³-hybridized carbons (Fsp3) is 0.192. The molecule has 3 aromatic rings. The lowest BCUT2D eigenvalue weighted by atomic mass is 10.1. The largest absolute Gasteiger partial charge is 0.461 e. The molecule has 0 heterocycles. The normalized spacial score (nSPS) is 11.3. The third kappa shape index (κ3) is 7.09. The molecule has 3 rings (SSSR count). The van der Waals surface area contributed by atoms with Crippen molar-refractivity contribution in [1.82, 2.24) is 5.32 Å². The molecule has 0 aliphatic heterocycles. The minimum Gasteiger partial charge on any atom is -0.461 e. The Kier molecular flexibility index (Phi) is 8.15. The Morgan fingerprint density at radius 2 is 1.47 bits per heavy atom. The first kappa shape index (κ1) is 22.7. The summed E-state index contributed by atoms with van der Waals surface area (Å²) < 4.78 is 5.30. The van der Waals surface area contributed by atoms with Crippen molar-refractivity contribution in [3.63, 3.8) is 0 Å². The SMILES string of the molecule is Cc1ccc(NC(=O)[C@H](CCC(=O)OCc2ccccc2)NC(=O)c2ccccc2)cc1. The Morgan fingerprint density at radius 3 is 2.12 bits per heavy atom. The summed E-state index contributed by atoms with van der Waals surface area (Å²) in [5.41, 5.74) is 3.00. The summed E-state index contributed by atoms with van der Waals surface area (Å²) >= 11 is 0. The van der Waals surface area contributed by atoms with Gasteiger partial charge in [0.1, 0.15) is 12.6 Å². The molecule has 0 aliphatic rings. The quantitative estimate of drug-likeness (QED) is 0.497. The highest BCUT2D eigenvalue weighted by molar-refractivity contribution is 6.01. The fourth-order valence-corrected chi connectivity index (χ4v) is 3.04. The molecule has 1 atom stereocenters. The van der Waals surface area contributed by atoms with Gasteiger partial charge >= 0.3 is 5.97 Å². The third-order valence-electron chi connectivity index (χ3n) is 4.86. The summed E-state index contributed by atoms with van der Waals surface area (Å²) in [4.78, 5) is 37.7. The van der Waals surface area contributed by atoms with Crippen LogP contribution in [0.2, 0.25) is 0 Å². The molecule has 164 valence electrons. The van der Waals surface area contributed by atoms with E-state index >= 15 is 0 Å². The highest BCUT2D eigenvalue weighted by atomic mass is 16.5. The van der Waals surface area contributed by atoms with Crippen molar-refractivity contribution in [2.24, 2.45) is 0 Å². The standard InChI is InChI=1S/C26H26N2O4/c1-19-12-14-22(15-13-19)27-26(31)23(28-25(30)21-10-6-3-7-11-21)16-17-24(29)32-18-20-8-4-2-5-9-20/h2-15,23H,16-18H2,1H3,(H,27,31)(H,28,30)/t23-/m0/s1. The second kappa shape index (κ2) is 11.5. The molecular formula is C26H26N2O4. The predicted molar refractivity (Wildman–Crippen MR) is 123 cm³/mol. The summed E-state index contributed by atoms with van der Waals surface area (Å²) in [6.07, 6.45) is 0.109. The number of esters is 1. The molecule has 0 saturated heterocycles. The monoisotopic (exact) mass is 430 g/mol. The molecule has 0 bridgehead atoms. The highest BCUT2D eigenvalue weighted by Crippen LogP contribution is 2.12. The van der Waals surface area contributed by atoms with E-state index in [0.717, 1.165) is 11.1 Å². The van der Waals surface area contributed by atoms with Gasteiger partial charge in [0.05, 0.1) is 0 Å². The summed E-state index contributed by atoms with van der Waals surface area (Å²) in [7, 11) is 0. The average Bonchev–Trinajstić information content (AvgIpc) is 2.82. The Labute approximate surface area is 187 Å². The second-order valence-corrected chi connectivity index (χ2v) is 7.43. The van der Waals surface area contributed by atoms with E-state index in [0.29, 0.717) is 11.3 Å². The molecule has 32 heavy (non-hydrogen) atoms. The van der Waals surface area contributed by atoms with Gasteiger partial charge in [-0.25, -0.2) is 0 Å². The summed E-state index contributed by atoms with van der Waals surface area (Å²) in [6.45, 7) is 2.12. The van der Waals surface area contributed by atoms with Crippen LogP contribution >= 0.6 is 0 Å². The molecular weight excluding hydrogens is 404 g/mol. The minimum absolute atomic E-state index is 0.00606. The molecule has 0 radical (unpaired) electrons. The maximum Gasteiger partial charge on any atom is 0.306 e. The third-order valence-corrected chi connectivity index (χ3v) is 4.86. The number of hydrogen-bond donors (Lipinski definition) is 2. The Morgan fingerprint density at radius 1 is 0.844 bits per heavy atom. The number of hydrogen-bond acceptors (Lipinski definition) is 4. The first-order chi connectivity index (χ1) is 15.5. The number of nitrogens with one attached hydrogen (secondary N) is 2. The van der Waals surface area contributed by atoms with E-state index in [9.17, 15) is 14.4 Å². The molecule has 3 aromatic carbocycles. The molecule has 0 fully saturated rings. The van der Waals surface area contributed by atoms with Crippen molar-refractivity contribution < 1.29 is 19.1 Å². The van der Waals surface area contributed by atoms with Gasteiger partial charge in [-0.15, -0.1) is 0 Å². The van der Waals surface area contributed by atoms with Gasteiger partial charge in [0.25, 0.3) is 5.91 Å². The first-order valence-electron chi connectivity index (χ1n) is 10.4. The van der Waals surface area contributed by atoms with Gasteiger partial charge in [0.15, 0.2) is 0 Å². The van der Waals surface area contributed by atoms with E-state index in [4.69, 9.17) is 4.74 Å². The Hall–Kier alpha value is -3.93. The van der Waals surface area contributed by atoms with Crippen LogP contribution in [-0.4, -0.2) is 23.8 Å². The molecule has 6 nitrogen and oxygen atoms in total. The molecule has 0 saturated carbocycles. The maximum absolute atomic E-state index is 12.9. The molecule has 0 spiro atoms. The van der Waals surface area contributed by atoms with E-state index in [2.05, 4.69) is 10.6 Å². The number of aryl methyl sites for hydroxylation is 1. The average molecular weight is 431 g/mol. The number of rotatable bonds is 9. The summed E-state index contributed by atoms with van der Waals surface area (Å²) in [5, 5.41) is 5.54. The van der Waals surface area contributed by atoms with Crippen LogP contribution < -0.4 is 10.6 Å². The van der Waals surface area contributed by atoms with Crippen molar-refractivity contribution in [2.45, 2.75) is 32.4 Å². The van der Waals surface area contributed by atoms with Crippen LogP contribution in [0, 0.1) is 6.92 Å². The number of carbonyl (C=O) groups is 3. The van der Waals surface area contributed by atoms with Gasteiger partial charge in [-0.1, -0.05) is 66.2 Å². The second-order valence-electron chi connectivity index (χ2n) is 7.43. The van der Waals surface area contributed by atoms with Crippen LogP contribution in [0.3, 0.4) is 0 Å². The zero-order valence-corrected chi connectivity index (χ0v) is 17.9. The van der Waals surface area contributed by atoms with E-state index in [1.54, 1.807) is 42.5 Å². The predicted octanol–water partition coefficient (Wildman–Crippen LogP) is 4.26.